The van der Waals surface area contributed by atoms with Crippen LogP contribution in [0.5, 0.6) is 0 Å². The van der Waals surface area contributed by atoms with E-state index in [2.05, 4.69) is 0 Å². The number of nitrogen functional groups attached to an aromatic ring is 1. The van der Waals surface area contributed by atoms with Crippen molar-refractivity contribution in [2.24, 2.45) is 0 Å². The van der Waals surface area contributed by atoms with Crippen LogP contribution in [0.3, 0.4) is 0 Å². The first-order valence-electron chi connectivity index (χ1n) is 5.53. The fourth-order valence-corrected chi connectivity index (χ4v) is 1.29. The molecule has 19 heavy (non-hydrogen) atoms. The van der Waals surface area contributed by atoms with E-state index in [0.717, 1.165) is 4.90 Å². The third-order valence-corrected chi connectivity index (χ3v) is 2.38. The summed E-state index contributed by atoms with van der Waals surface area (Å²) in [7, 11) is 1.35. The van der Waals surface area contributed by atoms with Crippen LogP contribution in [0.1, 0.15) is 10.4 Å². The van der Waals surface area contributed by atoms with E-state index >= 15 is 0 Å². The highest BCUT2D eigenvalue weighted by Gasteiger charge is 2.20. The van der Waals surface area contributed by atoms with Gasteiger partial charge in [-0.2, -0.15) is 0 Å². The van der Waals surface area contributed by atoms with Gasteiger partial charge in [-0.15, -0.1) is 0 Å². The lowest BCUT2D eigenvalue weighted by Gasteiger charge is -2.14. The zero-order valence-electron chi connectivity index (χ0n) is 10.4. The maximum Gasteiger partial charge on any atom is 0.316 e. The molecule has 0 radical (unpaired) electrons. The van der Waals surface area contributed by atoms with Gasteiger partial charge in [-0.1, -0.05) is 0 Å². The minimum absolute atomic E-state index is 0.0162. The van der Waals surface area contributed by atoms with E-state index in [1.807, 2.05) is 5.32 Å². The topological polar surface area (TPSA) is 113 Å². The van der Waals surface area contributed by atoms with Crippen LogP contribution in [-0.4, -0.2) is 47.9 Å². The van der Waals surface area contributed by atoms with Crippen LogP contribution in [0.15, 0.2) is 24.3 Å². The van der Waals surface area contributed by atoms with Gasteiger partial charge < -0.3 is 15.7 Å². The molecule has 0 aliphatic carbocycles. The highest BCUT2D eigenvalue weighted by molar-refractivity contribution is 6.38. The van der Waals surface area contributed by atoms with Gasteiger partial charge in [-0.05, 0) is 24.3 Å². The first-order valence-corrected chi connectivity index (χ1v) is 5.53. The Hall–Kier alpha value is -2.41. The number of amides is 3. The molecule has 0 spiro atoms. The molecule has 0 aromatic heterocycles. The number of hydrogen-bond donors (Lipinski definition) is 3. The van der Waals surface area contributed by atoms with Crippen molar-refractivity contribution in [1.82, 2.24) is 10.2 Å². The van der Waals surface area contributed by atoms with E-state index < -0.39 is 17.7 Å². The monoisotopic (exact) mass is 265 g/mol. The molecule has 0 fully saturated rings. The van der Waals surface area contributed by atoms with Crippen LogP contribution < -0.4 is 11.1 Å². The summed E-state index contributed by atoms with van der Waals surface area (Å²) in [5.74, 6) is -2.62. The normalized spacial score (nSPS) is 9.79. The lowest BCUT2D eigenvalue weighted by atomic mass is 10.2. The van der Waals surface area contributed by atoms with Gasteiger partial charge in [0.15, 0.2) is 0 Å². The number of hydrogen-bond acceptors (Lipinski definition) is 5. The van der Waals surface area contributed by atoms with Crippen molar-refractivity contribution in [3.63, 3.8) is 0 Å². The fraction of sp³-hybridized carbons (Fsp3) is 0.250. The molecule has 7 heteroatoms. The van der Waals surface area contributed by atoms with Gasteiger partial charge >= 0.3 is 11.8 Å². The maximum atomic E-state index is 11.7. The molecule has 0 unspecified atom stereocenters. The zero-order valence-corrected chi connectivity index (χ0v) is 10.4. The molecule has 0 bridgehead atoms. The average Bonchev–Trinajstić information content (AvgIpc) is 2.38. The number of nitrogens with two attached hydrogens (primary N) is 1. The lowest BCUT2D eigenvalue weighted by molar-refractivity contribution is -0.144. The van der Waals surface area contributed by atoms with Crippen molar-refractivity contribution in [2.45, 2.75) is 0 Å². The van der Waals surface area contributed by atoms with Gasteiger partial charge in [0.25, 0.3) is 5.91 Å². The molecular weight excluding hydrogens is 250 g/mol. The van der Waals surface area contributed by atoms with Crippen molar-refractivity contribution >= 4 is 23.4 Å². The van der Waals surface area contributed by atoms with Crippen LogP contribution in [0.25, 0.3) is 0 Å². The van der Waals surface area contributed by atoms with Crippen molar-refractivity contribution in [3.8, 4) is 0 Å². The minimum atomic E-state index is -1.04. The predicted molar refractivity (Wildman–Crippen MR) is 68.1 cm³/mol. The van der Waals surface area contributed by atoms with Gasteiger partial charge in [0.05, 0.1) is 6.61 Å². The SMILES string of the molecule is CN(CCO)C(=O)C(=O)NC(=O)c1ccc(N)cc1. The Kier molecular flexibility index (Phi) is 5.01. The van der Waals surface area contributed by atoms with E-state index in [4.69, 9.17) is 10.8 Å². The molecule has 0 aliphatic rings. The molecular formula is C12H15N3O4. The zero-order chi connectivity index (χ0) is 14.4. The number of carbonyl (C=O) groups is 3. The van der Waals surface area contributed by atoms with Gasteiger partial charge in [0.2, 0.25) is 0 Å². The predicted octanol–water partition coefficient (Wildman–Crippen LogP) is -1.02. The number of carbonyl (C=O) groups excluding carboxylic acids is 3. The molecule has 4 N–H and O–H groups in total. The van der Waals surface area contributed by atoms with Gasteiger partial charge in [0.1, 0.15) is 0 Å². The summed E-state index contributed by atoms with van der Waals surface area (Å²) in [6, 6.07) is 5.91. The molecule has 1 rings (SSSR count). The standard InChI is InChI=1S/C12H15N3O4/c1-15(6-7-16)12(19)11(18)14-10(17)8-2-4-9(13)5-3-8/h2-5,16H,6-7,13H2,1H3,(H,14,17,18). The number of imide groups is 1. The van der Waals surface area contributed by atoms with E-state index in [1.165, 1.54) is 31.3 Å². The van der Waals surface area contributed by atoms with E-state index in [0.29, 0.717) is 5.69 Å². The number of likely N-dealkylation sites (N-methyl/N-ethyl adjacent to an activating group) is 1. The molecule has 7 nitrogen and oxygen atoms in total. The van der Waals surface area contributed by atoms with Gasteiger partial charge in [0, 0.05) is 24.8 Å². The quantitative estimate of drug-likeness (QED) is 0.478. The molecule has 0 heterocycles. The van der Waals surface area contributed by atoms with Crippen LogP contribution >= 0.6 is 0 Å². The summed E-state index contributed by atoms with van der Waals surface area (Å²) < 4.78 is 0. The second-order valence-electron chi connectivity index (χ2n) is 3.86. The highest BCUT2D eigenvalue weighted by Crippen LogP contribution is 2.05. The number of benzene rings is 1. The molecule has 3 amide bonds. The molecule has 1 aromatic carbocycles. The maximum absolute atomic E-state index is 11.7. The second-order valence-corrected chi connectivity index (χ2v) is 3.86. The lowest BCUT2D eigenvalue weighted by Crippen LogP contribution is -2.44. The number of aliphatic hydroxyl groups excluding tert-OH is 1. The third-order valence-electron chi connectivity index (χ3n) is 2.38. The first kappa shape index (κ1) is 14.7. The average molecular weight is 265 g/mol. The Labute approximate surface area is 110 Å². The van der Waals surface area contributed by atoms with Crippen molar-refractivity contribution < 1.29 is 19.5 Å². The Bertz CT molecular complexity index is 484. The molecule has 102 valence electrons. The summed E-state index contributed by atoms with van der Waals surface area (Å²) in [6.07, 6.45) is 0. The first-order chi connectivity index (χ1) is 8.95. The van der Waals surface area contributed by atoms with Crippen LogP contribution in [-0.2, 0) is 9.59 Å². The van der Waals surface area contributed by atoms with E-state index in [9.17, 15) is 14.4 Å². The van der Waals surface area contributed by atoms with Crippen LogP contribution in [0.4, 0.5) is 5.69 Å². The van der Waals surface area contributed by atoms with Crippen LogP contribution in [0, 0.1) is 0 Å². The molecule has 0 aliphatic heterocycles. The Balaban J connectivity index is 2.64. The second kappa shape index (κ2) is 6.50. The van der Waals surface area contributed by atoms with Crippen molar-refractivity contribution in [1.29, 1.82) is 0 Å². The Morgan fingerprint density at radius 1 is 1.26 bits per heavy atom. The minimum Gasteiger partial charge on any atom is -0.399 e. The number of aliphatic hydroxyl groups is 1. The van der Waals surface area contributed by atoms with Crippen LogP contribution in [0.2, 0.25) is 0 Å². The number of rotatable bonds is 3. The third kappa shape index (κ3) is 4.07. The summed E-state index contributed by atoms with van der Waals surface area (Å²) in [5, 5.41) is 10.6. The number of nitrogens with one attached hydrogen (secondary N) is 1. The van der Waals surface area contributed by atoms with E-state index in [-0.39, 0.29) is 18.7 Å². The van der Waals surface area contributed by atoms with E-state index in [1.54, 1.807) is 0 Å². The molecule has 0 saturated carbocycles. The highest BCUT2D eigenvalue weighted by atomic mass is 16.3. The molecule has 0 saturated heterocycles. The smallest absolute Gasteiger partial charge is 0.316 e. The number of nitrogens with zero attached hydrogens (tertiary/aromatic N) is 1. The largest absolute Gasteiger partial charge is 0.399 e. The fourth-order valence-electron chi connectivity index (χ4n) is 1.29. The summed E-state index contributed by atoms with van der Waals surface area (Å²) in [4.78, 5) is 35.6. The Morgan fingerprint density at radius 2 is 1.84 bits per heavy atom. The summed E-state index contributed by atoms with van der Waals surface area (Å²) >= 11 is 0. The van der Waals surface area contributed by atoms with Crippen molar-refractivity contribution in [3.05, 3.63) is 29.8 Å². The summed E-state index contributed by atoms with van der Waals surface area (Å²) in [6.45, 7) is -0.246. The van der Waals surface area contributed by atoms with Crippen molar-refractivity contribution in [2.75, 3.05) is 25.9 Å². The van der Waals surface area contributed by atoms with Gasteiger partial charge in [-0.25, -0.2) is 0 Å². The Morgan fingerprint density at radius 3 is 2.37 bits per heavy atom. The molecule has 0 atom stereocenters. The summed E-state index contributed by atoms with van der Waals surface area (Å²) in [5.41, 5.74) is 6.18. The molecule has 1 aromatic rings. The number of anilines is 1. The van der Waals surface area contributed by atoms with Gasteiger partial charge in [-0.3, -0.25) is 19.7 Å².